The van der Waals surface area contributed by atoms with Gasteiger partial charge in [-0.25, -0.2) is 13.6 Å². The molecule has 1 fully saturated rings. The van der Waals surface area contributed by atoms with Crippen molar-refractivity contribution in [1.82, 2.24) is 0 Å². The lowest BCUT2D eigenvalue weighted by Gasteiger charge is -2.10. The Kier molecular flexibility index (Phi) is 5.58. The second kappa shape index (κ2) is 7.50. The Morgan fingerprint density at radius 1 is 1.18 bits per heavy atom. The second-order valence-electron chi connectivity index (χ2n) is 7.72. The number of hydrogen-bond donors (Lipinski definition) is 1. The first-order valence-electron chi connectivity index (χ1n) is 9.12. The van der Waals surface area contributed by atoms with Crippen molar-refractivity contribution >= 4 is 27.4 Å². The van der Waals surface area contributed by atoms with E-state index in [0.717, 1.165) is 11.1 Å². The van der Waals surface area contributed by atoms with Gasteiger partial charge in [-0.05, 0) is 54.2 Å². The molecule has 0 unspecified atom stereocenters. The van der Waals surface area contributed by atoms with Crippen LogP contribution in [0.1, 0.15) is 37.8 Å². The smallest absolute Gasteiger partial charge is 0.238 e. The van der Waals surface area contributed by atoms with Crippen LogP contribution in [0.3, 0.4) is 0 Å². The highest BCUT2D eigenvalue weighted by Gasteiger charge is 2.61. The summed E-state index contributed by atoms with van der Waals surface area (Å²) < 4.78 is 28.5. The van der Waals surface area contributed by atoms with Gasteiger partial charge in [0.1, 0.15) is 11.5 Å². The van der Waals surface area contributed by atoms with Crippen LogP contribution in [0.15, 0.2) is 47.4 Å². The quantitative estimate of drug-likeness (QED) is 0.733. The minimum atomic E-state index is -3.73. The molecule has 3 rings (SSSR count). The lowest BCUT2D eigenvalue weighted by Crippen LogP contribution is -2.12. The van der Waals surface area contributed by atoms with E-state index in [9.17, 15) is 13.2 Å². The summed E-state index contributed by atoms with van der Waals surface area (Å²) in [5.74, 6) is 0.673. The Morgan fingerprint density at radius 2 is 1.82 bits per heavy atom. The molecule has 7 heteroatoms. The molecule has 0 aromatic heterocycles. The third kappa shape index (κ3) is 4.09. The lowest BCUT2D eigenvalue weighted by atomic mass is 10.0. The normalized spacial score (nSPS) is 20.6. The van der Waals surface area contributed by atoms with Gasteiger partial charge in [-0.3, -0.25) is 4.79 Å². The van der Waals surface area contributed by atoms with Gasteiger partial charge in [0.25, 0.3) is 0 Å². The van der Waals surface area contributed by atoms with Crippen LogP contribution < -0.4 is 9.88 Å². The van der Waals surface area contributed by atoms with Crippen LogP contribution in [0.25, 0.3) is 0 Å². The Labute approximate surface area is 170 Å². The van der Waals surface area contributed by atoms with E-state index in [4.69, 9.17) is 21.5 Å². The molecule has 2 aromatic carbocycles. The number of primary sulfonamides is 1. The van der Waals surface area contributed by atoms with Crippen molar-refractivity contribution in [3.8, 4) is 5.75 Å². The summed E-state index contributed by atoms with van der Waals surface area (Å²) >= 11 is 6.10. The number of benzene rings is 2. The second-order valence-corrected chi connectivity index (χ2v) is 9.72. The van der Waals surface area contributed by atoms with Crippen molar-refractivity contribution in [3.05, 3.63) is 58.6 Å². The maximum absolute atomic E-state index is 13.1. The van der Waals surface area contributed by atoms with Gasteiger partial charge in [-0.1, -0.05) is 37.6 Å². The molecule has 2 atom stereocenters. The molecule has 2 N–H and O–H groups in total. The third-order valence-electron chi connectivity index (χ3n) is 5.43. The number of ketones is 1. The number of carbonyl (C=O) groups excluding carboxylic acids is 1. The fourth-order valence-corrected chi connectivity index (χ4v) is 4.72. The van der Waals surface area contributed by atoms with Crippen LogP contribution >= 0.6 is 11.6 Å². The van der Waals surface area contributed by atoms with Crippen LogP contribution in [-0.2, 0) is 21.2 Å². The molecule has 28 heavy (non-hydrogen) atoms. The van der Waals surface area contributed by atoms with E-state index >= 15 is 0 Å². The van der Waals surface area contributed by atoms with Crippen LogP contribution in [0.4, 0.5) is 0 Å². The van der Waals surface area contributed by atoms with E-state index in [2.05, 4.69) is 13.8 Å². The zero-order chi connectivity index (χ0) is 20.7. The highest BCUT2D eigenvalue weighted by atomic mass is 35.5. The maximum Gasteiger partial charge on any atom is 0.238 e. The molecule has 0 spiro atoms. The monoisotopic (exact) mass is 421 g/mol. The number of ether oxygens (including phenoxy) is 1. The number of nitrogens with two attached hydrogens (primary N) is 1. The van der Waals surface area contributed by atoms with Crippen LogP contribution in [0, 0.1) is 11.3 Å². The van der Waals surface area contributed by atoms with Gasteiger partial charge in [0.15, 0.2) is 0 Å². The Hall–Kier alpha value is -1.89. The number of hydrogen-bond acceptors (Lipinski definition) is 4. The minimum absolute atomic E-state index is 0.0317. The van der Waals surface area contributed by atoms with E-state index in [1.807, 2.05) is 6.92 Å². The first kappa shape index (κ1) is 20.8. The van der Waals surface area contributed by atoms with Crippen LogP contribution in [-0.4, -0.2) is 20.8 Å². The molecule has 0 heterocycles. The highest BCUT2D eigenvalue weighted by Crippen LogP contribution is 2.65. The molecular weight excluding hydrogens is 398 g/mol. The molecular formula is C21H24ClNO4S. The molecule has 0 amide bonds. The average Bonchev–Trinajstić information content (AvgIpc) is 3.19. The van der Waals surface area contributed by atoms with Crippen LogP contribution in [0.5, 0.6) is 5.75 Å². The zero-order valence-corrected chi connectivity index (χ0v) is 17.7. The molecule has 1 aliphatic rings. The van der Waals surface area contributed by atoms with Gasteiger partial charge < -0.3 is 4.74 Å². The van der Waals surface area contributed by atoms with E-state index in [0.29, 0.717) is 17.4 Å². The molecule has 0 bridgehead atoms. The molecule has 0 saturated heterocycles. The Bertz CT molecular complexity index is 1000. The number of sulfonamides is 1. The molecule has 1 aliphatic carbocycles. The SMILES string of the molecule is CCOc1ccc(Cl)cc1CC(=O)[C@@H]1[C@@H](c2ccc(S(N)(=O)=O)cc2)C1(C)C. The lowest BCUT2D eigenvalue weighted by molar-refractivity contribution is -0.120. The van der Waals surface area contributed by atoms with E-state index in [-0.39, 0.29) is 34.4 Å². The topological polar surface area (TPSA) is 86.5 Å². The fourth-order valence-electron chi connectivity index (χ4n) is 4.01. The summed E-state index contributed by atoms with van der Waals surface area (Å²) in [7, 11) is -3.73. The highest BCUT2D eigenvalue weighted by molar-refractivity contribution is 7.89. The largest absolute Gasteiger partial charge is 0.494 e. The summed E-state index contributed by atoms with van der Waals surface area (Å²) in [4.78, 5) is 13.1. The summed E-state index contributed by atoms with van der Waals surface area (Å²) in [5.41, 5.74) is 1.52. The van der Waals surface area contributed by atoms with E-state index in [1.54, 1.807) is 30.3 Å². The minimum Gasteiger partial charge on any atom is -0.494 e. The molecule has 150 valence electrons. The number of carbonyl (C=O) groups is 1. The Morgan fingerprint density at radius 3 is 2.39 bits per heavy atom. The van der Waals surface area contributed by atoms with Gasteiger partial charge in [-0.2, -0.15) is 0 Å². The zero-order valence-electron chi connectivity index (χ0n) is 16.1. The number of halogens is 1. The van der Waals surface area contributed by atoms with Gasteiger partial charge in [-0.15, -0.1) is 0 Å². The van der Waals surface area contributed by atoms with Crippen molar-refractivity contribution in [3.63, 3.8) is 0 Å². The number of Topliss-reactive ketones (excluding diaryl/α,β-unsaturated/α-hetero) is 1. The molecule has 0 radical (unpaired) electrons. The summed E-state index contributed by atoms with van der Waals surface area (Å²) in [6.45, 7) is 6.51. The number of rotatable bonds is 7. The first-order valence-corrected chi connectivity index (χ1v) is 11.0. The third-order valence-corrected chi connectivity index (χ3v) is 6.59. The molecule has 1 saturated carbocycles. The van der Waals surface area contributed by atoms with Gasteiger partial charge in [0, 0.05) is 22.9 Å². The molecule has 5 nitrogen and oxygen atoms in total. The van der Waals surface area contributed by atoms with E-state index in [1.165, 1.54) is 12.1 Å². The van der Waals surface area contributed by atoms with Crippen molar-refractivity contribution < 1.29 is 17.9 Å². The standard InChI is InChI=1S/C21H24ClNO4S/c1-4-27-18-10-7-15(22)11-14(18)12-17(24)20-19(21(20,2)3)13-5-8-16(9-6-13)28(23,25)26/h5-11,19-20H,4,12H2,1-3H3,(H2,23,25,26)/t19-,20-/m1/s1. The Balaban J connectivity index is 1.81. The molecule has 2 aromatic rings. The summed E-state index contributed by atoms with van der Waals surface area (Å²) in [6, 6.07) is 11.8. The predicted octanol–water partition coefficient (Wildman–Crippen LogP) is 3.94. The van der Waals surface area contributed by atoms with Crippen molar-refractivity contribution in [2.75, 3.05) is 6.61 Å². The maximum atomic E-state index is 13.1. The van der Waals surface area contributed by atoms with Gasteiger partial charge in [0.05, 0.1) is 11.5 Å². The van der Waals surface area contributed by atoms with Crippen molar-refractivity contribution in [1.29, 1.82) is 0 Å². The fraction of sp³-hybridized carbons (Fsp3) is 0.381. The summed E-state index contributed by atoms with van der Waals surface area (Å²) in [6.07, 6.45) is 0.246. The van der Waals surface area contributed by atoms with Gasteiger partial charge in [0.2, 0.25) is 10.0 Å². The van der Waals surface area contributed by atoms with Gasteiger partial charge >= 0.3 is 0 Å². The van der Waals surface area contributed by atoms with Crippen molar-refractivity contribution in [2.45, 2.75) is 38.0 Å². The summed E-state index contributed by atoms with van der Waals surface area (Å²) in [5, 5.41) is 5.73. The molecule has 0 aliphatic heterocycles. The van der Waals surface area contributed by atoms with E-state index < -0.39 is 10.0 Å². The average molecular weight is 422 g/mol. The predicted molar refractivity (Wildman–Crippen MR) is 109 cm³/mol. The van der Waals surface area contributed by atoms with Crippen molar-refractivity contribution in [2.24, 2.45) is 16.5 Å². The first-order chi connectivity index (χ1) is 13.1. The van der Waals surface area contributed by atoms with Crippen LogP contribution in [0.2, 0.25) is 5.02 Å².